The van der Waals surface area contributed by atoms with Crippen molar-refractivity contribution in [2.75, 3.05) is 18.4 Å². The lowest BCUT2D eigenvalue weighted by atomic mass is 9.95. The summed E-state index contributed by atoms with van der Waals surface area (Å²) in [5.74, 6) is -2.60. The van der Waals surface area contributed by atoms with E-state index in [0.717, 1.165) is 4.90 Å². The fourth-order valence-corrected chi connectivity index (χ4v) is 2.40. The number of benzene rings is 1. The number of amides is 2. The molecule has 1 aliphatic rings. The van der Waals surface area contributed by atoms with Crippen molar-refractivity contribution in [3.63, 3.8) is 0 Å². The number of nitrogens with zero attached hydrogens (tertiary/aromatic N) is 2. The Morgan fingerprint density at radius 1 is 1.17 bits per heavy atom. The van der Waals surface area contributed by atoms with Gasteiger partial charge in [-0.25, -0.2) is 0 Å². The first-order chi connectivity index (χ1) is 10.8. The van der Waals surface area contributed by atoms with Crippen molar-refractivity contribution in [2.24, 2.45) is 5.92 Å². The topological polar surface area (TPSA) is 73.2 Å². The Hall–Kier alpha value is -2.56. The summed E-state index contributed by atoms with van der Waals surface area (Å²) in [6.07, 6.45) is -4.51. The van der Waals surface area contributed by atoms with Gasteiger partial charge in [-0.1, -0.05) is 0 Å². The average molecular weight is 325 g/mol. The van der Waals surface area contributed by atoms with E-state index in [1.54, 1.807) is 24.3 Å². The van der Waals surface area contributed by atoms with E-state index in [1.165, 1.54) is 0 Å². The van der Waals surface area contributed by atoms with E-state index in [2.05, 4.69) is 5.32 Å². The standard InChI is InChI=1S/C15H14F3N3O2/c16-15(17,18)14(23)21-7-5-11(6-8-21)13(22)20-12-3-1-10(9-19)2-4-12/h1-4,11H,5-8H2,(H,20,22). The Labute approximate surface area is 130 Å². The van der Waals surface area contributed by atoms with Gasteiger partial charge in [0.25, 0.3) is 0 Å². The number of nitrogens with one attached hydrogen (secondary N) is 1. The molecule has 0 spiro atoms. The van der Waals surface area contributed by atoms with Crippen LogP contribution >= 0.6 is 0 Å². The highest BCUT2D eigenvalue weighted by Gasteiger charge is 2.43. The van der Waals surface area contributed by atoms with Gasteiger partial charge < -0.3 is 10.2 Å². The largest absolute Gasteiger partial charge is 0.471 e. The van der Waals surface area contributed by atoms with Crippen molar-refractivity contribution in [1.29, 1.82) is 5.26 Å². The molecule has 1 aromatic carbocycles. The molecule has 23 heavy (non-hydrogen) atoms. The molecule has 0 bridgehead atoms. The lowest BCUT2D eigenvalue weighted by Crippen LogP contribution is -2.46. The number of anilines is 1. The van der Waals surface area contributed by atoms with Gasteiger partial charge in [-0.05, 0) is 37.1 Å². The molecule has 1 aromatic rings. The highest BCUT2D eigenvalue weighted by atomic mass is 19.4. The Morgan fingerprint density at radius 2 is 1.74 bits per heavy atom. The number of alkyl halides is 3. The van der Waals surface area contributed by atoms with Crippen LogP contribution in [0, 0.1) is 17.2 Å². The third-order valence-electron chi connectivity index (χ3n) is 3.68. The SMILES string of the molecule is N#Cc1ccc(NC(=O)C2CCN(C(=O)C(F)(F)F)CC2)cc1. The summed E-state index contributed by atoms with van der Waals surface area (Å²) in [6, 6.07) is 8.23. The molecule has 8 heteroatoms. The minimum absolute atomic E-state index is 0.0935. The Morgan fingerprint density at radius 3 is 2.22 bits per heavy atom. The number of likely N-dealkylation sites (tertiary alicyclic amines) is 1. The summed E-state index contributed by atoms with van der Waals surface area (Å²) in [5.41, 5.74) is 0.977. The summed E-state index contributed by atoms with van der Waals surface area (Å²) in [7, 11) is 0. The molecule has 5 nitrogen and oxygen atoms in total. The summed E-state index contributed by atoms with van der Waals surface area (Å²) in [5, 5.41) is 11.4. The van der Waals surface area contributed by atoms with E-state index < -0.39 is 18.0 Å². The van der Waals surface area contributed by atoms with Crippen molar-refractivity contribution >= 4 is 17.5 Å². The molecule has 122 valence electrons. The maximum absolute atomic E-state index is 12.3. The van der Waals surface area contributed by atoms with Crippen molar-refractivity contribution in [3.05, 3.63) is 29.8 Å². The van der Waals surface area contributed by atoms with Gasteiger partial charge in [-0.15, -0.1) is 0 Å². The summed E-state index contributed by atoms with van der Waals surface area (Å²) in [6.45, 7) is -0.187. The first-order valence-electron chi connectivity index (χ1n) is 6.98. The molecule has 2 rings (SSSR count). The predicted molar refractivity (Wildman–Crippen MR) is 75.1 cm³/mol. The van der Waals surface area contributed by atoms with Crippen LogP contribution in [0.3, 0.4) is 0 Å². The predicted octanol–water partition coefficient (Wildman–Crippen LogP) is 2.30. The molecule has 0 radical (unpaired) electrons. The minimum Gasteiger partial charge on any atom is -0.335 e. The van der Waals surface area contributed by atoms with Crippen LogP contribution in [0.15, 0.2) is 24.3 Å². The van der Waals surface area contributed by atoms with Crippen LogP contribution < -0.4 is 5.32 Å². The molecule has 1 saturated heterocycles. The van der Waals surface area contributed by atoms with Crippen LogP contribution in [-0.4, -0.2) is 36.0 Å². The van der Waals surface area contributed by atoms with Crippen LogP contribution in [0.2, 0.25) is 0 Å². The van der Waals surface area contributed by atoms with Crippen molar-refractivity contribution in [3.8, 4) is 6.07 Å². The quantitative estimate of drug-likeness (QED) is 0.907. The van der Waals surface area contributed by atoms with Crippen molar-refractivity contribution < 1.29 is 22.8 Å². The lowest BCUT2D eigenvalue weighted by molar-refractivity contribution is -0.186. The molecule has 2 amide bonds. The summed E-state index contributed by atoms with van der Waals surface area (Å²) < 4.78 is 37.0. The Bertz CT molecular complexity index is 627. The van der Waals surface area contributed by atoms with Crippen molar-refractivity contribution in [1.82, 2.24) is 4.90 Å². The van der Waals surface area contributed by atoms with E-state index in [0.29, 0.717) is 11.3 Å². The van der Waals surface area contributed by atoms with Gasteiger partial charge in [0.1, 0.15) is 0 Å². The second-order valence-corrected chi connectivity index (χ2v) is 5.24. The van der Waals surface area contributed by atoms with E-state index >= 15 is 0 Å². The van der Waals surface area contributed by atoms with E-state index in [-0.39, 0.29) is 31.8 Å². The molecule has 0 saturated carbocycles. The molecule has 1 heterocycles. The van der Waals surface area contributed by atoms with Gasteiger partial charge in [-0.3, -0.25) is 9.59 Å². The lowest BCUT2D eigenvalue weighted by Gasteiger charge is -2.31. The normalized spacial score (nSPS) is 15.8. The number of hydrogen-bond acceptors (Lipinski definition) is 3. The van der Waals surface area contributed by atoms with E-state index in [1.807, 2.05) is 6.07 Å². The molecule has 0 atom stereocenters. The third kappa shape index (κ3) is 4.22. The molecular formula is C15H14F3N3O2. The molecule has 0 aliphatic carbocycles. The number of carbonyl (C=O) groups is 2. The third-order valence-corrected chi connectivity index (χ3v) is 3.68. The highest BCUT2D eigenvalue weighted by molar-refractivity contribution is 5.92. The highest BCUT2D eigenvalue weighted by Crippen LogP contribution is 2.24. The summed E-state index contributed by atoms with van der Waals surface area (Å²) in [4.78, 5) is 23.9. The van der Waals surface area contributed by atoms with E-state index in [4.69, 9.17) is 5.26 Å². The zero-order valence-corrected chi connectivity index (χ0v) is 12.1. The second-order valence-electron chi connectivity index (χ2n) is 5.24. The monoisotopic (exact) mass is 325 g/mol. The van der Waals surface area contributed by atoms with E-state index in [9.17, 15) is 22.8 Å². The second kappa shape index (κ2) is 6.69. The van der Waals surface area contributed by atoms with Crippen LogP contribution in [0.5, 0.6) is 0 Å². The Balaban J connectivity index is 1.88. The van der Waals surface area contributed by atoms with Crippen LogP contribution in [0.25, 0.3) is 0 Å². The number of carbonyl (C=O) groups excluding carboxylic acids is 2. The zero-order chi connectivity index (χ0) is 17.0. The maximum Gasteiger partial charge on any atom is 0.471 e. The molecule has 1 fully saturated rings. The number of nitriles is 1. The fraction of sp³-hybridized carbons (Fsp3) is 0.400. The molecule has 0 aromatic heterocycles. The number of piperidine rings is 1. The van der Waals surface area contributed by atoms with Gasteiger partial charge in [0.05, 0.1) is 11.6 Å². The minimum atomic E-state index is -4.88. The number of halogens is 3. The van der Waals surface area contributed by atoms with Gasteiger partial charge in [0.2, 0.25) is 5.91 Å². The first kappa shape index (κ1) is 16.8. The van der Waals surface area contributed by atoms with Gasteiger partial charge >= 0.3 is 12.1 Å². The van der Waals surface area contributed by atoms with Gasteiger partial charge in [0.15, 0.2) is 0 Å². The smallest absolute Gasteiger partial charge is 0.335 e. The molecular weight excluding hydrogens is 311 g/mol. The van der Waals surface area contributed by atoms with Crippen LogP contribution in [0.1, 0.15) is 18.4 Å². The fourth-order valence-electron chi connectivity index (χ4n) is 2.40. The maximum atomic E-state index is 12.3. The number of rotatable bonds is 2. The Kier molecular flexibility index (Phi) is 4.89. The van der Waals surface area contributed by atoms with Crippen molar-refractivity contribution in [2.45, 2.75) is 19.0 Å². The zero-order valence-electron chi connectivity index (χ0n) is 12.1. The summed E-state index contributed by atoms with van der Waals surface area (Å²) >= 11 is 0. The first-order valence-corrected chi connectivity index (χ1v) is 6.98. The van der Waals surface area contributed by atoms with Gasteiger partial charge in [0, 0.05) is 24.7 Å². The molecule has 1 aliphatic heterocycles. The average Bonchev–Trinajstić information content (AvgIpc) is 2.54. The van der Waals surface area contributed by atoms with Crippen LogP contribution in [0.4, 0.5) is 18.9 Å². The molecule has 1 N–H and O–H groups in total. The molecule has 0 unspecified atom stereocenters. The van der Waals surface area contributed by atoms with Gasteiger partial charge in [-0.2, -0.15) is 18.4 Å². The van der Waals surface area contributed by atoms with Crippen LogP contribution in [-0.2, 0) is 9.59 Å². The number of hydrogen-bond donors (Lipinski definition) is 1.